The van der Waals surface area contributed by atoms with Crippen molar-refractivity contribution in [3.63, 3.8) is 0 Å². The molecule has 1 aliphatic heterocycles. The molecule has 1 atom stereocenters. The van der Waals surface area contributed by atoms with Crippen molar-refractivity contribution in [3.8, 4) is 0 Å². The molecule has 2 aromatic carbocycles. The van der Waals surface area contributed by atoms with Gasteiger partial charge in [-0.25, -0.2) is 0 Å². The Bertz CT molecular complexity index is 1190. The van der Waals surface area contributed by atoms with E-state index in [0.717, 1.165) is 16.5 Å². The molecule has 0 aliphatic carbocycles. The summed E-state index contributed by atoms with van der Waals surface area (Å²) in [5.74, 6) is -1.47. The fraction of sp³-hybridized carbons (Fsp3) is 0.250. The number of hydrogen-bond acceptors (Lipinski definition) is 4. The monoisotopic (exact) mass is 437 g/mol. The summed E-state index contributed by atoms with van der Waals surface area (Å²) in [5, 5.41) is 12.6. The summed E-state index contributed by atoms with van der Waals surface area (Å²) in [5.41, 5.74) is 2.34. The summed E-state index contributed by atoms with van der Waals surface area (Å²) < 4.78 is 1.97. The normalized spacial score (nSPS) is 18.5. The first-order valence-electron chi connectivity index (χ1n) is 10.0. The van der Waals surface area contributed by atoms with Crippen molar-refractivity contribution in [2.75, 3.05) is 27.2 Å². The molecule has 0 bridgehead atoms. The average molecular weight is 438 g/mol. The quantitative estimate of drug-likeness (QED) is 0.374. The van der Waals surface area contributed by atoms with E-state index < -0.39 is 17.7 Å². The van der Waals surface area contributed by atoms with Crippen LogP contribution < -0.4 is 0 Å². The van der Waals surface area contributed by atoms with Crippen LogP contribution in [0.15, 0.2) is 60.3 Å². The number of aryl methyl sites for hydroxylation is 1. The van der Waals surface area contributed by atoms with Crippen molar-refractivity contribution >= 4 is 40.0 Å². The van der Waals surface area contributed by atoms with Gasteiger partial charge in [-0.2, -0.15) is 0 Å². The molecule has 160 valence electrons. The number of ketones is 1. The molecule has 6 nitrogen and oxygen atoms in total. The molecule has 2 heterocycles. The first-order valence-corrected chi connectivity index (χ1v) is 10.4. The van der Waals surface area contributed by atoms with E-state index in [1.165, 1.54) is 0 Å². The second kappa shape index (κ2) is 8.21. The van der Waals surface area contributed by atoms with Crippen LogP contribution in [0.1, 0.15) is 17.2 Å². The number of Topliss-reactive ketones (excluding diaryl/α,β-unsaturated/α-hetero) is 1. The third kappa shape index (κ3) is 3.73. The molecule has 0 saturated carbocycles. The topological polar surface area (TPSA) is 65.8 Å². The Labute approximate surface area is 185 Å². The van der Waals surface area contributed by atoms with E-state index >= 15 is 0 Å². The van der Waals surface area contributed by atoms with Crippen molar-refractivity contribution < 1.29 is 14.7 Å². The van der Waals surface area contributed by atoms with E-state index in [1.54, 1.807) is 29.2 Å². The Morgan fingerprint density at radius 3 is 2.45 bits per heavy atom. The Morgan fingerprint density at radius 2 is 1.77 bits per heavy atom. The van der Waals surface area contributed by atoms with Crippen LogP contribution in [0.2, 0.25) is 5.02 Å². The minimum Gasteiger partial charge on any atom is -0.507 e. The molecule has 3 aromatic rings. The minimum absolute atomic E-state index is 0.0995. The maximum Gasteiger partial charge on any atom is 0.295 e. The van der Waals surface area contributed by atoms with Gasteiger partial charge in [-0.3, -0.25) is 9.59 Å². The highest BCUT2D eigenvalue weighted by molar-refractivity contribution is 6.46. The fourth-order valence-corrected chi connectivity index (χ4v) is 4.22. The molecule has 1 aromatic heterocycles. The lowest BCUT2D eigenvalue weighted by atomic mass is 9.95. The standard InChI is InChI=1S/C24H24ClN3O3/c1-26(2)12-13-28-21(18-14-27(3)19-7-5-4-6-17(18)19)20(23(30)24(28)31)22(29)15-8-10-16(25)11-9-15/h4-11,14,21,29H,12-13H2,1-3H3/b22-20+. The van der Waals surface area contributed by atoms with Crippen LogP contribution in [0.5, 0.6) is 0 Å². The minimum atomic E-state index is -0.679. The van der Waals surface area contributed by atoms with Crippen LogP contribution in [-0.2, 0) is 16.6 Å². The molecule has 0 radical (unpaired) electrons. The van der Waals surface area contributed by atoms with Crippen LogP contribution in [0.4, 0.5) is 0 Å². The summed E-state index contributed by atoms with van der Waals surface area (Å²) in [7, 11) is 5.76. The fourth-order valence-electron chi connectivity index (χ4n) is 4.10. The number of fused-ring (bicyclic) bond motifs is 1. The van der Waals surface area contributed by atoms with Crippen LogP contribution in [0.3, 0.4) is 0 Å². The second-order valence-corrected chi connectivity index (χ2v) is 8.45. The Balaban J connectivity index is 1.93. The molecule has 7 heteroatoms. The first kappa shape index (κ1) is 21.2. The van der Waals surface area contributed by atoms with Crippen molar-refractivity contribution in [1.29, 1.82) is 0 Å². The van der Waals surface area contributed by atoms with Gasteiger partial charge >= 0.3 is 0 Å². The zero-order valence-corrected chi connectivity index (χ0v) is 18.4. The van der Waals surface area contributed by atoms with Crippen molar-refractivity contribution in [3.05, 3.63) is 76.5 Å². The number of likely N-dealkylation sites (tertiary alicyclic amines) is 1. The van der Waals surface area contributed by atoms with Crippen molar-refractivity contribution in [1.82, 2.24) is 14.4 Å². The summed E-state index contributed by atoms with van der Waals surface area (Å²) in [6.07, 6.45) is 1.93. The molecule has 1 aliphatic rings. The predicted octanol–water partition coefficient (Wildman–Crippen LogP) is 3.82. The maximum atomic E-state index is 13.1. The van der Waals surface area contributed by atoms with E-state index in [2.05, 4.69) is 0 Å². The lowest BCUT2D eigenvalue weighted by Gasteiger charge is -2.26. The smallest absolute Gasteiger partial charge is 0.295 e. The number of carbonyl (C=O) groups is 2. The van der Waals surface area contributed by atoms with Crippen LogP contribution >= 0.6 is 11.6 Å². The molecule has 1 amide bonds. The van der Waals surface area contributed by atoms with Gasteiger partial charge in [0.1, 0.15) is 5.76 Å². The second-order valence-electron chi connectivity index (χ2n) is 8.02. The van der Waals surface area contributed by atoms with Gasteiger partial charge in [-0.1, -0.05) is 29.8 Å². The Hall–Kier alpha value is -3.09. The summed E-state index contributed by atoms with van der Waals surface area (Å²) in [4.78, 5) is 29.7. The van der Waals surface area contributed by atoms with Gasteiger partial charge in [0.05, 0.1) is 11.6 Å². The number of para-hydroxylation sites is 1. The number of nitrogens with zero attached hydrogens (tertiary/aromatic N) is 3. The number of hydrogen-bond donors (Lipinski definition) is 1. The molecule has 0 spiro atoms. The highest BCUT2D eigenvalue weighted by Gasteiger charge is 2.46. The van der Waals surface area contributed by atoms with Crippen molar-refractivity contribution in [2.45, 2.75) is 6.04 Å². The summed E-state index contributed by atoms with van der Waals surface area (Å²) in [6, 6.07) is 13.7. The van der Waals surface area contributed by atoms with Gasteiger partial charge in [0, 0.05) is 53.4 Å². The number of aromatic nitrogens is 1. The molecule has 1 fully saturated rings. The van der Waals surface area contributed by atoms with Gasteiger partial charge < -0.3 is 19.5 Å². The average Bonchev–Trinajstić information content (AvgIpc) is 3.21. The third-order valence-corrected chi connectivity index (χ3v) is 5.92. The van der Waals surface area contributed by atoms with E-state index in [-0.39, 0.29) is 11.3 Å². The van der Waals surface area contributed by atoms with Crippen LogP contribution in [-0.4, -0.2) is 58.3 Å². The van der Waals surface area contributed by atoms with E-state index in [1.807, 2.05) is 61.1 Å². The highest BCUT2D eigenvalue weighted by atomic mass is 35.5. The largest absolute Gasteiger partial charge is 0.507 e. The molecular weight excluding hydrogens is 414 g/mol. The lowest BCUT2D eigenvalue weighted by Crippen LogP contribution is -2.35. The Kier molecular flexibility index (Phi) is 5.60. The number of carbonyl (C=O) groups excluding carboxylic acids is 2. The third-order valence-electron chi connectivity index (χ3n) is 5.67. The maximum absolute atomic E-state index is 13.1. The zero-order valence-electron chi connectivity index (χ0n) is 17.7. The van der Waals surface area contributed by atoms with E-state index in [4.69, 9.17) is 11.6 Å². The molecule has 31 heavy (non-hydrogen) atoms. The van der Waals surface area contributed by atoms with Crippen LogP contribution in [0.25, 0.3) is 16.7 Å². The van der Waals surface area contributed by atoms with Gasteiger partial charge in [0.15, 0.2) is 0 Å². The Morgan fingerprint density at radius 1 is 1.10 bits per heavy atom. The number of halogens is 1. The number of benzene rings is 2. The summed E-state index contributed by atoms with van der Waals surface area (Å²) in [6.45, 7) is 0.956. The molecule has 1 saturated heterocycles. The number of aliphatic hydroxyl groups is 1. The van der Waals surface area contributed by atoms with Gasteiger partial charge in [-0.15, -0.1) is 0 Å². The number of aliphatic hydroxyl groups excluding tert-OH is 1. The molecule has 1 unspecified atom stereocenters. The lowest BCUT2D eigenvalue weighted by molar-refractivity contribution is -0.140. The molecule has 1 N–H and O–H groups in total. The zero-order chi connectivity index (χ0) is 22.3. The summed E-state index contributed by atoms with van der Waals surface area (Å²) >= 11 is 5.98. The number of likely N-dealkylation sites (N-methyl/N-ethyl adjacent to an activating group) is 1. The first-order chi connectivity index (χ1) is 14.8. The predicted molar refractivity (Wildman–Crippen MR) is 122 cm³/mol. The SMILES string of the molecule is CN(C)CCN1C(=O)C(=O)/C(=C(/O)c2ccc(Cl)cc2)C1c1cn(C)c2ccccc12. The van der Waals surface area contributed by atoms with Crippen molar-refractivity contribution in [2.24, 2.45) is 7.05 Å². The van der Waals surface area contributed by atoms with Gasteiger partial charge in [-0.05, 0) is 44.4 Å². The molecular formula is C24H24ClN3O3. The van der Waals surface area contributed by atoms with Gasteiger partial charge in [0.25, 0.3) is 11.7 Å². The van der Waals surface area contributed by atoms with Gasteiger partial charge in [0.2, 0.25) is 0 Å². The highest BCUT2D eigenvalue weighted by Crippen LogP contribution is 2.42. The van der Waals surface area contributed by atoms with E-state index in [9.17, 15) is 14.7 Å². The number of rotatable bonds is 5. The molecule has 4 rings (SSSR count). The number of amides is 1. The van der Waals surface area contributed by atoms with E-state index in [0.29, 0.717) is 23.7 Å². The van der Waals surface area contributed by atoms with Crippen LogP contribution in [0, 0.1) is 0 Å².